The average Bonchev–Trinajstić information content (AvgIpc) is 0.827. The van der Waals surface area contributed by atoms with Gasteiger partial charge in [0, 0.05) is 14.6 Å². The van der Waals surface area contributed by atoms with E-state index in [0.29, 0.717) is 0 Å². The van der Waals surface area contributed by atoms with E-state index in [2.05, 4.69) is 198 Å². The zero-order valence-corrected chi connectivity index (χ0v) is 99.7. The molecule has 0 bridgehead atoms. The molecule has 0 heterocycles. The number of fused-ring (bicyclic) bond motifs is 1. The first kappa shape index (κ1) is 135. The van der Waals surface area contributed by atoms with Crippen LogP contribution in [0, 0.1) is 70.6 Å². The van der Waals surface area contributed by atoms with Crippen molar-refractivity contribution in [2.24, 2.45) is 0 Å². The summed E-state index contributed by atoms with van der Waals surface area (Å²) in [6, 6.07) is 49.2. The molecule has 764 valence electrons. The molecule has 15 heteroatoms. The molecule has 0 atom stereocenters. The van der Waals surface area contributed by atoms with Gasteiger partial charge in [-0.3, -0.25) is 0 Å². The van der Waals surface area contributed by atoms with Gasteiger partial charge in [-0.05, 0) is 182 Å². The number of hydrogen-bond acceptors (Lipinski definition) is 0. The molecule has 0 N–H and O–H groups in total. The zero-order valence-electron chi connectivity index (χ0n) is 94.5. The number of unbranched alkanes of at least 4 members (excludes halogenated alkanes) is 27. The molecule has 0 fully saturated rings. The molecule has 0 amide bonds. The van der Waals surface area contributed by atoms with Crippen molar-refractivity contribution >= 4 is 112 Å². The van der Waals surface area contributed by atoms with E-state index in [1.165, 1.54) is 456 Å². The summed E-state index contributed by atoms with van der Waals surface area (Å²) < 4.78 is 69.1. The van der Waals surface area contributed by atoms with Crippen LogP contribution in [0.4, 0.5) is 22.0 Å². The molecule has 8 rings (SSSR count). The minimum absolute atomic E-state index is 0. The average molecular weight is 1970 g/mol. The number of rotatable bonds is 62. The first-order chi connectivity index (χ1) is 65.3. The van der Waals surface area contributed by atoms with Crippen molar-refractivity contribution < 1.29 is 54.9 Å². The van der Waals surface area contributed by atoms with E-state index in [4.69, 9.17) is 0 Å². The molecule has 0 aromatic heterocycles. The van der Waals surface area contributed by atoms with Gasteiger partial charge in [-0.2, -0.15) is 32.6 Å². The van der Waals surface area contributed by atoms with E-state index in [0.717, 1.165) is 12.6 Å². The number of hydrogen-bond donors (Lipinski definition) is 0. The maximum atomic E-state index is 13.3. The quantitative estimate of drug-likeness (QED) is 0.0154. The van der Waals surface area contributed by atoms with Crippen molar-refractivity contribution in [2.45, 2.75) is 421 Å². The van der Waals surface area contributed by atoms with E-state index in [9.17, 15) is 22.0 Å². The Labute approximate surface area is 890 Å². The SMILES string of the molecule is CCCCCCCCCCCCCCCCCC[BH2-]c1cc(F)ccc1C.CCCC[N+](CCCC)(CCCC)CCCC.CCCC[N+](CCCC)(CCCC)CCCC.CCCC[N+](CCCC)(CCCC)CCCC.C[BH2-]c1cc(F)ccc1C.C[BH2-]c1cc(F)ccc1C.Cc1ccc(C[BH2-]c2cc(F)ccc2C)cc1.Cc1ccc(F)cc1[BH2-]Cc1ccc2ccccc2c1.[Ca+2].[Zn+2]. The summed E-state index contributed by atoms with van der Waals surface area (Å²) in [7, 11) is -0.927. The fraction of sp³-hybridized carbons (Fsp3) is 0.623. The molecular weight excluding hydrogens is 1760 g/mol. The Bertz CT molecular complexity index is 3900. The van der Waals surface area contributed by atoms with Crippen LogP contribution in [0.3, 0.4) is 0 Å². The van der Waals surface area contributed by atoms with Gasteiger partial charge in [0.05, 0.1) is 78.5 Å². The van der Waals surface area contributed by atoms with Crippen molar-refractivity contribution in [3.05, 3.63) is 231 Å². The summed E-state index contributed by atoms with van der Waals surface area (Å²) in [6.07, 6.45) is 59.5. The Morgan fingerprint density at radius 2 is 0.438 bits per heavy atom. The fourth-order valence-electron chi connectivity index (χ4n) is 20.0. The van der Waals surface area contributed by atoms with E-state index in [1.54, 1.807) is 42.5 Å². The molecular formula is C122H209B5CaF5N3Zn+2. The summed E-state index contributed by atoms with van der Waals surface area (Å²) >= 11 is 0. The van der Waals surface area contributed by atoms with Crippen LogP contribution in [0.15, 0.2) is 158 Å². The Kier molecular flexibility index (Phi) is 86.8. The van der Waals surface area contributed by atoms with Gasteiger partial charge >= 0.3 is 57.2 Å². The van der Waals surface area contributed by atoms with Gasteiger partial charge in [0.15, 0.2) is 0 Å². The molecule has 0 saturated carbocycles. The second-order valence-corrected chi connectivity index (χ2v) is 41.8. The third-order valence-electron chi connectivity index (χ3n) is 30.0. The van der Waals surface area contributed by atoms with Crippen molar-refractivity contribution in [3.8, 4) is 0 Å². The van der Waals surface area contributed by atoms with Crippen LogP contribution in [-0.4, -0.2) is 166 Å². The van der Waals surface area contributed by atoms with Crippen molar-refractivity contribution in [3.63, 3.8) is 0 Å². The van der Waals surface area contributed by atoms with Crippen LogP contribution in [0.1, 0.15) is 391 Å². The molecule has 8 aromatic carbocycles. The minimum atomic E-state index is -0.332. The number of nitrogens with zero attached hydrogens (tertiary/aromatic N) is 3. The standard InChI is InChI=1S/C25H45BF.C18H17BF.3C16H36N.C15H17BF.2C8H11BF.Ca.Zn/c1-3-4-5-6-7-8-9-10-11-12-13-14-15-16-17-18-21-26-25-22-24(27)20-19-23(25)2;1-13-6-9-17(20)11-18(13)19-12-14-7-8-15-4-2-3-5-16(15)10-14;3*1-5-9-13-17(14-10-6-2,15-11-7-3)16-12-8-4;1-11-3-6-13(7-4-11)10-16-15-9-14(17)8-5-12(15)2;2*1-6-3-4-7(10)5-8(6)9-2;;/h19-20,22H,3-18,21,26H2,1-2H3;2-11H,12,19H2,1H3;3*5-16H2,1-4H3;3-9H,10,16H2,1-2H3;2*3-5H,9H2,1-2H3;;/q2*-1;3*+1;3*-1;2*+2. The van der Waals surface area contributed by atoms with Crippen LogP contribution in [0.25, 0.3) is 10.8 Å². The van der Waals surface area contributed by atoms with Crippen molar-refractivity contribution in [2.75, 3.05) is 78.5 Å². The number of quaternary nitrogens is 3. The van der Waals surface area contributed by atoms with E-state index >= 15 is 0 Å². The summed E-state index contributed by atoms with van der Waals surface area (Å²) in [6.45, 7) is 64.1. The third kappa shape index (κ3) is 65.7. The Morgan fingerprint density at radius 3 is 0.693 bits per heavy atom. The predicted molar refractivity (Wildman–Crippen MR) is 619 cm³/mol. The van der Waals surface area contributed by atoms with Gasteiger partial charge in [-0.15, -0.1) is 0 Å². The van der Waals surface area contributed by atoms with Gasteiger partial charge < -0.3 is 13.4 Å². The third-order valence-corrected chi connectivity index (χ3v) is 30.0. The van der Waals surface area contributed by atoms with E-state index < -0.39 is 0 Å². The minimum Gasteiger partial charge on any atom is -0.324 e. The number of aryl methyl sites for hydroxylation is 6. The smallest absolute Gasteiger partial charge is 0.324 e. The van der Waals surface area contributed by atoms with E-state index in [1.807, 2.05) is 44.2 Å². The molecule has 3 nitrogen and oxygen atoms in total. The van der Waals surface area contributed by atoms with Crippen LogP contribution in [0.2, 0.25) is 20.0 Å². The fourth-order valence-corrected chi connectivity index (χ4v) is 20.0. The maximum Gasteiger partial charge on any atom is 2.00 e. The molecule has 0 spiro atoms. The predicted octanol–water partition coefficient (Wildman–Crippen LogP) is 29.9. The topological polar surface area (TPSA) is 0 Å². The monoisotopic (exact) mass is 1970 g/mol. The van der Waals surface area contributed by atoms with Crippen molar-refractivity contribution in [1.29, 1.82) is 0 Å². The van der Waals surface area contributed by atoms with Crippen LogP contribution >= 0.6 is 0 Å². The number of benzene rings is 8. The Morgan fingerprint density at radius 1 is 0.219 bits per heavy atom. The van der Waals surface area contributed by atoms with Crippen LogP contribution in [0.5, 0.6) is 0 Å². The second kappa shape index (κ2) is 88.3. The first-order valence-corrected chi connectivity index (χ1v) is 58.1. The van der Waals surface area contributed by atoms with Gasteiger partial charge in [0.1, 0.15) is 29.1 Å². The van der Waals surface area contributed by atoms with Crippen molar-refractivity contribution in [1.82, 2.24) is 0 Å². The molecule has 0 aliphatic heterocycles. The summed E-state index contributed by atoms with van der Waals surface area (Å²) in [5, 5.41) is 2.56. The normalized spacial score (nSPS) is 11.0. The molecule has 0 radical (unpaired) electrons. The zero-order chi connectivity index (χ0) is 99.9. The number of halogens is 5. The Balaban J connectivity index is 0. The Hall–Kier alpha value is -4.24. The molecule has 0 unspecified atom stereocenters. The summed E-state index contributed by atoms with van der Waals surface area (Å²) in [5.41, 5.74) is 16.4. The molecule has 0 aliphatic rings. The molecule has 8 aromatic rings. The summed E-state index contributed by atoms with van der Waals surface area (Å²) in [5.74, 6) is -0.505. The van der Waals surface area contributed by atoms with Crippen LogP contribution < -0.4 is 27.3 Å². The first-order valence-electron chi connectivity index (χ1n) is 58.1. The van der Waals surface area contributed by atoms with E-state index in [-0.39, 0.29) is 123 Å². The molecule has 137 heavy (non-hydrogen) atoms. The van der Waals surface area contributed by atoms with Gasteiger partial charge in [0.25, 0.3) is 0 Å². The summed E-state index contributed by atoms with van der Waals surface area (Å²) in [4.78, 5) is 0. The van der Waals surface area contributed by atoms with Gasteiger partial charge in [-0.25, -0.2) is 49.3 Å². The molecule has 0 saturated heterocycles. The molecule has 0 aliphatic carbocycles. The largest absolute Gasteiger partial charge is 2.00 e. The van der Waals surface area contributed by atoms with Crippen LogP contribution in [-0.2, 0) is 32.1 Å². The van der Waals surface area contributed by atoms with Gasteiger partial charge in [0.2, 0.25) is 0 Å². The maximum absolute atomic E-state index is 13.3. The van der Waals surface area contributed by atoms with Gasteiger partial charge in [-0.1, -0.05) is 442 Å². The second-order valence-electron chi connectivity index (χ2n) is 41.8.